The van der Waals surface area contributed by atoms with Crippen LogP contribution in [0.2, 0.25) is 0 Å². The lowest BCUT2D eigenvalue weighted by Gasteiger charge is -2.31. The van der Waals surface area contributed by atoms with Crippen molar-refractivity contribution in [3.8, 4) is 0 Å². The number of carbonyl (C=O) groups excluding carboxylic acids is 1. The third-order valence-electron chi connectivity index (χ3n) is 4.87. The van der Waals surface area contributed by atoms with Gasteiger partial charge in [0.2, 0.25) is 0 Å². The van der Waals surface area contributed by atoms with Gasteiger partial charge >= 0.3 is 0 Å². The highest BCUT2D eigenvalue weighted by molar-refractivity contribution is 7.92. The Morgan fingerprint density at radius 1 is 1.32 bits per heavy atom. The van der Waals surface area contributed by atoms with E-state index in [4.69, 9.17) is 0 Å². The molecule has 1 atom stereocenters. The Morgan fingerprint density at radius 2 is 2.16 bits per heavy atom. The van der Waals surface area contributed by atoms with Crippen LogP contribution in [-0.4, -0.2) is 48.2 Å². The van der Waals surface area contributed by atoms with Crippen molar-refractivity contribution in [2.45, 2.75) is 42.2 Å². The lowest BCUT2D eigenvalue weighted by Crippen LogP contribution is -2.39. The summed E-state index contributed by atoms with van der Waals surface area (Å²) < 4.78 is 27.9. The van der Waals surface area contributed by atoms with Gasteiger partial charge in [-0.05, 0) is 43.7 Å². The second-order valence-electron chi connectivity index (χ2n) is 6.72. The first-order valence-corrected chi connectivity index (χ1v) is 11.8. The summed E-state index contributed by atoms with van der Waals surface area (Å²) in [6.45, 7) is 1.22. The third-order valence-corrected chi connectivity index (χ3v) is 8.65. The largest absolute Gasteiger partial charge is 0.337 e. The molecule has 1 amide bonds. The lowest BCUT2D eigenvalue weighted by molar-refractivity contribution is 0.0710. The molecule has 1 fully saturated rings. The molecule has 6 nitrogen and oxygen atoms in total. The number of hydrogen-bond acceptors (Lipinski definition) is 7. The van der Waals surface area contributed by atoms with Crippen molar-refractivity contribution in [2.75, 3.05) is 19.3 Å². The maximum absolute atomic E-state index is 12.9. The van der Waals surface area contributed by atoms with Gasteiger partial charge in [0.1, 0.15) is 0 Å². The van der Waals surface area contributed by atoms with Crippen molar-refractivity contribution >= 4 is 38.6 Å². The summed E-state index contributed by atoms with van der Waals surface area (Å²) in [6.07, 6.45) is 6.21. The van der Waals surface area contributed by atoms with E-state index in [-0.39, 0.29) is 16.0 Å². The molecule has 2 aromatic rings. The predicted octanol–water partition coefficient (Wildman–Crippen LogP) is 2.51. The monoisotopic (exact) mass is 397 g/mol. The second kappa shape index (κ2) is 6.44. The summed E-state index contributed by atoms with van der Waals surface area (Å²) in [7, 11) is -3.34. The number of piperidine rings is 1. The standard InChI is InChI=1S/C16H19N3O3S3/c1-25(21,22)16-14(17-18-24-16)11-5-3-7-19(9-11)15(20)13-8-10-4-2-6-12(10)23-13/h8,11H,2-7,9H2,1H3/t11-/m0/s1. The zero-order chi connectivity index (χ0) is 17.6. The molecule has 0 bridgehead atoms. The van der Waals surface area contributed by atoms with Crippen LogP contribution >= 0.6 is 22.9 Å². The number of aryl methyl sites for hydroxylation is 2. The molecule has 0 radical (unpaired) electrons. The van der Waals surface area contributed by atoms with E-state index in [1.165, 1.54) is 23.1 Å². The number of fused-ring (bicyclic) bond motifs is 1. The predicted molar refractivity (Wildman–Crippen MR) is 97.2 cm³/mol. The van der Waals surface area contributed by atoms with Crippen LogP contribution < -0.4 is 0 Å². The van der Waals surface area contributed by atoms with Crippen LogP contribution in [0.5, 0.6) is 0 Å². The van der Waals surface area contributed by atoms with Gasteiger partial charge in [-0.1, -0.05) is 4.49 Å². The smallest absolute Gasteiger partial charge is 0.263 e. The number of rotatable bonds is 3. The number of carbonyl (C=O) groups is 1. The summed E-state index contributed by atoms with van der Waals surface area (Å²) in [4.78, 5) is 16.9. The summed E-state index contributed by atoms with van der Waals surface area (Å²) >= 11 is 2.54. The van der Waals surface area contributed by atoms with E-state index >= 15 is 0 Å². The second-order valence-corrected chi connectivity index (χ2v) is 10.8. The fourth-order valence-corrected chi connectivity index (χ4v) is 6.62. The summed E-state index contributed by atoms with van der Waals surface area (Å²) in [5.74, 6) is 0.00109. The average molecular weight is 398 g/mol. The zero-order valence-corrected chi connectivity index (χ0v) is 16.3. The molecule has 0 N–H and O–H groups in total. The number of likely N-dealkylation sites (tertiary alicyclic amines) is 1. The van der Waals surface area contributed by atoms with E-state index in [0.717, 1.165) is 42.1 Å². The number of hydrogen-bond donors (Lipinski definition) is 0. The molecule has 1 saturated heterocycles. The topological polar surface area (TPSA) is 80.2 Å². The Kier molecular flexibility index (Phi) is 4.41. The van der Waals surface area contributed by atoms with Gasteiger partial charge in [0.15, 0.2) is 14.0 Å². The van der Waals surface area contributed by atoms with Crippen LogP contribution in [-0.2, 0) is 22.7 Å². The molecule has 3 heterocycles. The number of thiophene rings is 1. The Bertz CT molecular complexity index is 895. The van der Waals surface area contributed by atoms with Gasteiger partial charge in [-0.2, -0.15) is 0 Å². The van der Waals surface area contributed by atoms with E-state index in [1.54, 1.807) is 11.3 Å². The minimum atomic E-state index is -3.34. The van der Waals surface area contributed by atoms with Crippen LogP contribution in [0.15, 0.2) is 10.3 Å². The molecule has 0 aromatic carbocycles. The van der Waals surface area contributed by atoms with Crippen molar-refractivity contribution in [1.82, 2.24) is 14.5 Å². The first kappa shape index (κ1) is 17.1. The molecule has 0 spiro atoms. The van der Waals surface area contributed by atoms with E-state index in [1.807, 2.05) is 11.0 Å². The maximum Gasteiger partial charge on any atom is 0.263 e. The molecular formula is C16H19N3O3S3. The summed E-state index contributed by atoms with van der Waals surface area (Å²) in [6, 6.07) is 2.05. The first-order valence-electron chi connectivity index (χ1n) is 8.36. The molecule has 1 aliphatic heterocycles. The maximum atomic E-state index is 12.9. The quantitative estimate of drug-likeness (QED) is 0.795. The van der Waals surface area contributed by atoms with Crippen molar-refractivity contribution in [3.63, 3.8) is 0 Å². The van der Waals surface area contributed by atoms with E-state index in [0.29, 0.717) is 18.8 Å². The van der Waals surface area contributed by atoms with Gasteiger partial charge in [-0.15, -0.1) is 16.4 Å². The van der Waals surface area contributed by atoms with Crippen LogP contribution in [0.1, 0.15) is 51.0 Å². The van der Waals surface area contributed by atoms with E-state index in [9.17, 15) is 13.2 Å². The Hall–Kier alpha value is -1.32. The highest BCUT2D eigenvalue weighted by Gasteiger charge is 2.32. The van der Waals surface area contributed by atoms with Crippen molar-refractivity contribution in [3.05, 3.63) is 27.1 Å². The zero-order valence-electron chi connectivity index (χ0n) is 13.9. The van der Waals surface area contributed by atoms with E-state index < -0.39 is 9.84 Å². The Balaban J connectivity index is 1.55. The fraction of sp³-hybridized carbons (Fsp3) is 0.562. The van der Waals surface area contributed by atoms with Gasteiger partial charge in [-0.3, -0.25) is 4.79 Å². The van der Waals surface area contributed by atoms with Crippen LogP contribution in [0.3, 0.4) is 0 Å². The number of nitrogens with zero attached hydrogens (tertiary/aromatic N) is 3. The molecule has 4 rings (SSSR count). The van der Waals surface area contributed by atoms with Crippen molar-refractivity contribution in [2.24, 2.45) is 0 Å². The number of sulfone groups is 1. The van der Waals surface area contributed by atoms with Gasteiger partial charge in [0.05, 0.1) is 10.6 Å². The molecule has 1 aliphatic carbocycles. The van der Waals surface area contributed by atoms with Crippen LogP contribution in [0.25, 0.3) is 0 Å². The number of amides is 1. The first-order chi connectivity index (χ1) is 11.9. The highest BCUT2D eigenvalue weighted by atomic mass is 32.2. The molecule has 134 valence electrons. The molecule has 25 heavy (non-hydrogen) atoms. The van der Waals surface area contributed by atoms with Crippen molar-refractivity contribution in [1.29, 1.82) is 0 Å². The number of aromatic nitrogens is 2. The molecule has 2 aliphatic rings. The van der Waals surface area contributed by atoms with Crippen molar-refractivity contribution < 1.29 is 13.2 Å². The van der Waals surface area contributed by atoms with E-state index in [2.05, 4.69) is 9.59 Å². The lowest BCUT2D eigenvalue weighted by atomic mass is 9.95. The van der Waals surface area contributed by atoms with Gasteiger partial charge in [-0.25, -0.2) is 8.42 Å². The van der Waals surface area contributed by atoms with Crippen LogP contribution in [0, 0.1) is 0 Å². The van der Waals surface area contributed by atoms with Crippen LogP contribution in [0.4, 0.5) is 0 Å². The molecule has 2 aromatic heterocycles. The Morgan fingerprint density at radius 3 is 2.92 bits per heavy atom. The summed E-state index contributed by atoms with van der Waals surface area (Å²) in [5, 5.41) is 4.07. The molecular weight excluding hydrogens is 378 g/mol. The average Bonchev–Trinajstić information content (AvgIpc) is 3.28. The molecule has 0 saturated carbocycles. The third kappa shape index (κ3) is 3.24. The van der Waals surface area contributed by atoms with Gasteiger partial charge in [0, 0.05) is 41.7 Å². The normalized spacial score (nSPS) is 20.7. The van der Waals surface area contributed by atoms with Gasteiger partial charge in [0.25, 0.3) is 5.91 Å². The fourth-order valence-electron chi connectivity index (χ4n) is 3.67. The minimum absolute atomic E-state index is 0.0621. The minimum Gasteiger partial charge on any atom is -0.337 e. The molecule has 0 unspecified atom stereocenters. The summed E-state index contributed by atoms with van der Waals surface area (Å²) in [5.41, 5.74) is 1.85. The SMILES string of the molecule is CS(=O)(=O)c1snnc1[C@H]1CCCN(C(=O)c2cc3c(s2)CCC3)C1. The molecule has 9 heteroatoms. The highest BCUT2D eigenvalue weighted by Crippen LogP contribution is 2.34. The van der Waals surface area contributed by atoms with Gasteiger partial charge < -0.3 is 4.90 Å². The Labute approximate surface area is 155 Å².